The van der Waals surface area contributed by atoms with E-state index in [1.807, 2.05) is 6.92 Å². The molecule has 0 aromatic heterocycles. The number of hydrogen-bond acceptors (Lipinski definition) is 1. The van der Waals surface area contributed by atoms with Crippen LogP contribution in [0.4, 0.5) is 0 Å². The lowest BCUT2D eigenvalue weighted by atomic mass is 9.93. The molecule has 68 valence electrons. The number of rotatable bonds is 6. The van der Waals surface area contributed by atoms with Crippen LogP contribution in [-0.4, -0.2) is 11.1 Å². The minimum atomic E-state index is -0.757. The zero-order chi connectivity index (χ0) is 9.56. The van der Waals surface area contributed by atoms with Gasteiger partial charge in [0, 0.05) is 0 Å². The molecule has 0 unspecified atom stereocenters. The highest BCUT2D eigenvalue weighted by Gasteiger charge is 2.12. The predicted octanol–water partition coefficient (Wildman–Crippen LogP) is 2.62. The largest absolute Gasteiger partial charge is 0.481 e. The van der Waals surface area contributed by atoms with E-state index in [1.165, 1.54) is 0 Å². The minimum Gasteiger partial charge on any atom is -0.481 e. The van der Waals surface area contributed by atoms with Crippen LogP contribution in [-0.2, 0) is 4.79 Å². The van der Waals surface area contributed by atoms with E-state index in [0.29, 0.717) is 0 Å². The molecule has 0 spiro atoms. The van der Waals surface area contributed by atoms with Crippen molar-refractivity contribution in [2.45, 2.75) is 26.2 Å². The van der Waals surface area contributed by atoms with Gasteiger partial charge in [-0.3, -0.25) is 4.79 Å². The quantitative estimate of drug-likeness (QED) is 0.619. The van der Waals surface area contributed by atoms with E-state index in [-0.39, 0.29) is 12.3 Å². The lowest BCUT2D eigenvalue weighted by molar-refractivity contribution is -0.137. The van der Waals surface area contributed by atoms with Crippen LogP contribution in [0.5, 0.6) is 0 Å². The molecule has 0 aliphatic carbocycles. The zero-order valence-electron chi connectivity index (χ0n) is 7.55. The van der Waals surface area contributed by atoms with Gasteiger partial charge in [0.05, 0.1) is 6.42 Å². The summed E-state index contributed by atoms with van der Waals surface area (Å²) in [4.78, 5) is 10.4. The first-order valence-corrected chi connectivity index (χ1v) is 4.06. The Kier molecular flexibility index (Phi) is 5.09. The summed E-state index contributed by atoms with van der Waals surface area (Å²) in [6, 6.07) is 0. The highest BCUT2D eigenvalue weighted by Crippen LogP contribution is 2.19. The van der Waals surface area contributed by atoms with Crippen LogP contribution in [0.1, 0.15) is 26.2 Å². The summed E-state index contributed by atoms with van der Waals surface area (Å²) in [6.45, 7) is 9.23. The first kappa shape index (κ1) is 11.0. The number of carboxylic acid groups (broad SMARTS) is 1. The van der Waals surface area contributed by atoms with Gasteiger partial charge in [-0.1, -0.05) is 18.2 Å². The Morgan fingerprint density at radius 3 is 2.58 bits per heavy atom. The van der Waals surface area contributed by atoms with Gasteiger partial charge in [-0.25, -0.2) is 0 Å². The van der Waals surface area contributed by atoms with E-state index in [9.17, 15) is 4.79 Å². The molecule has 0 aromatic carbocycles. The Hall–Kier alpha value is -1.05. The lowest BCUT2D eigenvalue weighted by Gasteiger charge is -2.12. The average Bonchev–Trinajstić information content (AvgIpc) is 1.96. The topological polar surface area (TPSA) is 37.3 Å². The first-order valence-electron chi connectivity index (χ1n) is 4.06. The van der Waals surface area contributed by atoms with Gasteiger partial charge in [0.2, 0.25) is 0 Å². The van der Waals surface area contributed by atoms with E-state index in [0.717, 1.165) is 18.4 Å². The molecule has 0 radical (unpaired) electrons. The normalized spacial score (nSPS) is 12.1. The molecule has 2 heteroatoms. The Bertz CT molecular complexity index is 182. The van der Waals surface area contributed by atoms with Crippen molar-refractivity contribution >= 4 is 5.97 Å². The first-order chi connectivity index (χ1) is 5.57. The molecule has 2 nitrogen and oxygen atoms in total. The maximum Gasteiger partial charge on any atom is 0.303 e. The monoisotopic (exact) mass is 168 g/mol. The standard InChI is InChI=1S/C10H16O2/c1-4-5-6-9(8(2)3)7-10(11)12/h4,9H,1-2,5-7H2,3H3,(H,11,12)/t9-/m0/s1. The third-order valence-electron chi connectivity index (χ3n) is 1.84. The van der Waals surface area contributed by atoms with Gasteiger partial charge >= 0.3 is 5.97 Å². The van der Waals surface area contributed by atoms with E-state index in [1.54, 1.807) is 6.08 Å². The third-order valence-corrected chi connectivity index (χ3v) is 1.84. The van der Waals surface area contributed by atoms with Crippen LogP contribution >= 0.6 is 0 Å². The van der Waals surface area contributed by atoms with Crippen molar-refractivity contribution in [3.63, 3.8) is 0 Å². The summed E-state index contributed by atoms with van der Waals surface area (Å²) in [5, 5.41) is 8.57. The molecule has 0 fully saturated rings. The van der Waals surface area contributed by atoms with Gasteiger partial charge in [0.25, 0.3) is 0 Å². The van der Waals surface area contributed by atoms with Gasteiger partial charge in [-0.2, -0.15) is 0 Å². The molecule has 1 N–H and O–H groups in total. The van der Waals surface area contributed by atoms with Gasteiger partial charge in [0.1, 0.15) is 0 Å². The fourth-order valence-corrected chi connectivity index (χ4v) is 1.05. The summed E-state index contributed by atoms with van der Waals surface area (Å²) < 4.78 is 0. The summed E-state index contributed by atoms with van der Waals surface area (Å²) in [7, 11) is 0. The SMILES string of the molecule is C=CCC[C@@H](CC(=O)O)C(=C)C. The Labute approximate surface area is 73.6 Å². The minimum absolute atomic E-state index is 0.0977. The molecular weight excluding hydrogens is 152 g/mol. The number of hydrogen-bond donors (Lipinski definition) is 1. The molecule has 0 heterocycles. The van der Waals surface area contributed by atoms with Gasteiger partial charge < -0.3 is 5.11 Å². The molecule has 0 amide bonds. The van der Waals surface area contributed by atoms with Crippen molar-refractivity contribution in [2.75, 3.05) is 0 Å². The van der Waals surface area contributed by atoms with Gasteiger partial charge in [-0.05, 0) is 25.7 Å². The molecule has 0 bridgehead atoms. The van der Waals surface area contributed by atoms with Crippen molar-refractivity contribution < 1.29 is 9.90 Å². The van der Waals surface area contributed by atoms with Crippen molar-refractivity contribution in [1.82, 2.24) is 0 Å². The Morgan fingerprint density at radius 1 is 1.67 bits per heavy atom. The van der Waals surface area contributed by atoms with E-state index < -0.39 is 5.97 Å². The second-order valence-electron chi connectivity index (χ2n) is 3.01. The summed E-state index contributed by atoms with van der Waals surface area (Å²) in [5.41, 5.74) is 0.944. The molecule has 1 atom stereocenters. The van der Waals surface area contributed by atoms with Crippen LogP contribution < -0.4 is 0 Å². The molecule has 0 rings (SSSR count). The smallest absolute Gasteiger partial charge is 0.303 e. The van der Waals surface area contributed by atoms with E-state index in [4.69, 9.17) is 5.11 Å². The van der Waals surface area contributed by atoms with Crippen molar-refractivity contribution in [3.05, 3.63) is 24.8 Å². The van der Waals surface area contributed by atoms with E-state index >= 15 is 0 Å². The number of carbonyl (C=O) groups is 1. The molecule has 0 saturated heterocycles. The molecule has 0 saturated carbocycles. The molecular formula is C10H16O2. The number of aliphatic carboxylic acids is 1. The van der Waals surface area contributed by atoms with E-state index in [2.05, 4.69) is 13.2 Å². The Morgan fingerprint density at radius 2 is 2.25 bits per heavy atom. The molecule has 12 heavy (non-hydrogen) atoms. The molecule has 0 aliphatic heterocycles. The highest BCUT2D eigenvalue weighted by molar-refractivity contribution is 5.67. The van der Waals surface area contributed by atoms with Crippen LogP contribution in [0.25, 0.3) is 0 Å². The molecule has 0 aromatic rings. The fourth-order valence-electron chi connectivity index (χ4n) is 1.05. The Balaban J connectivity index is 3.94. The highest BCUT2D eigenvalue weighted by atomic mass is 16.4. The van der Waals surface area contributed by atoms with Crippen LogP contribution in [0.3, 0.4) is 0 Å². The van der Waals surface area contributed by atoms with Crippen LogP contribution in [0.15, 0.2) is 24.8 Å². The van der Waals surface area contributed by atoms with Crippen molar-refractivity contribution in [3.8, 4) is 0 Å². The maximum absolute atomic E-state index is 10.4. The second-order valence-corrected chi connectivity index (χ2v) is 3.01. The van der Waals surface area contributed by atoms with Gasteiger partial charge in [-0.15, -0.1) is 6.58 Å². The summed E-state index contributed by atoms with van der Waals surface area (Å²) >= 11 is 0. The molecule has 0 aliphatic rings. The predicted molar refractivity (Wildman–Crippen MR) is 50.0 cm³/mol. The number of carboxylic acids is 1. The second kappa shape index (κ2) is 5.58. The van der Waals surface area contributed by atoms with Gasteiger partial charge in [0.15, 0.2) is 0 Å². The maximum atomic E-state index is 10.4. The summed E-state index contributed by atoms with van der Waals surface area (Å²) in [5.74, 6) is -0.660. The van der Waals surface area contributed by atoms with Crippen LogP contribution in [0.2, 0.25) is 0 Å². The fraction of sp³-hybridized carbons (Fsp3) is 0.500. The van der Waals surface area contributed by atoms with Crippen LogP contribution in [0, 0.1) is 5.92 Å². The van der Waals surface area contributed by atoms with Crippen molar-refractivity contribution in [1.29, 1.82) is 0 Å². The average molecular weight is 168 g/mol. The van der Waals surface area contributed by atoms with Crippen molar-refractivity contribution in [2.24, 2.45) is 5.92 Å². The lowest BCUT2D eigenvalue weighted by Crippen LogP contribution is -2.08. The summed E-state index contributed by atoms with van der Waals surface area (Å²) in [6.07, 6.45) is 3.68. The zero-order valence-corrected chi connectivity index (χ0v) is 7.55. The number of allylic oxidation sites excluding steroid dienone is 2. The third kappa shape index (κ3) is 4.72.